The summed E-state index contributed by atoms with van der Waals surface area (Å²) in [7, 11) is 0. The van der Waals surface area contributed by atoms with Crippen LogP contribution in [0.4, 0.5) is 13.2 Å². The lowest BCUT2D eigenvalue weighted by Crippen LogP contribution is -2.56. The van der Waals surface area contributed by atoms with Crippen molar-refractivity contribution in [3.8, 4) is 0 Å². The average Bonchev–Trinajstić information content (AvgIpc) is 2.82. The van der Waals surface area contributed by atoms with Crippen molar-refractivity contribution >= 4 is 0 Å². The Morgan fingerprint density at radius 3 is 2.48 bits per heavy atom. The van der Waals surface area contributed by atoms with Gasteiger partial charge in [0.15, 0.2) is 0 Å². The normalized spacial score (nSPS) is 52.8. The minimum absolute atomic E-state index is 0.00926. The van der Waals surface area contributed by atoms with Crippen molar-refractivity contribution in [2.24, 2.45) is 34.5 Å². The number of allylic oxidation sites excluding steroid dienone is 1. The van der Waals surface area contributed by atoms with Crippen molar-refractivity contribution in [3.63, 3.8) is 0 Å². The predicted molar refractivity (Wildman–Crippen MR) is 88.6 cm³/mol. The summed E-state index contributed by atoms with van der Waals surface area (Å²) in [6.45, 7) is 3.95. The molecule has 0 heterocycles. The fourth-order valence-corrected chi connectivity index (χ4v) is 7.18. The van der Waals surface area contributed by atoms with Gasteiger partial charge in [0.1, 0.15) is 0 Å². The zero-order valence-electron chi connectivity index (χ0n) is 15.0. The highest BCUT2D eigenvalue weighted by Gasteiger charge is 2.64. The Bertz CT molecular complexity index is 586. The summed E-state index contributed by atoms with van der Waals surface area (Å²) >= 11 is 0. The standard InChI is InChI=1S/C20H29F3O2/c1-18-8-7-15-13(14(18)5-6-17(18)25)4-3-11-9-12(24)10-16(19(11,15)2)20(21,22)23/h3,12-17,24-25H,4-10H2,1-2H3/t12-,13+,14+,15+,16?,17+,18+,19+/m1/s1. The molecular weight excluding hydrogens is 329 g/mol. The summed E-state index contributed by atoms with van der Waals surface area (Å²) < 4.78 is 41.7. The Kier molecular flexibility index (Phi) is 3.91. The molecule has 3 saturated carbocycles. The molecule has 5 heteroatoms. The van der Waals surface area contributed by atoms with Gasteiger partial charge in [-0.2, -0.15) is 13.2 Å². The Balaban J connectivity index is 1.75. The molecule has 25 heavy (non-hydrogen) atoms. The highest BCUT2D eigenvalue weighted by Crippen LogP contribution is 2.67. The summed E-state index contributed by atoms with van der Waals surface area (Å²) in [4.78, 5) is 0. The van der Waals surface area contributed by atoms with Crippen LogP contribution in [0.1, 0.15) is 58.8 Å². The molecule has 3 fully saturated rings. The topological polar surface area (TPSA) is 40.5 Å². The number of aliphatic hydroxyl groups excluding tert-OH is 2. The van der Waals surface area contributed by atoms with E-state index < -0.39 is 23.6 Å². The molecule has 0 saturated heterocycles. The van der Waals surface area contributed by atoms with Crippen molar-refractivity contribution in [1.82, 2.24) is 0 Å². The maximum Gasteiger partial charge on any atom is 0.392 e. The molecule has 0 aromatic rings. The third kappa shape index (κ3) is 2.37. The molecule has 4 rings (SSSR count). The lowest BCUT2D eigenvalue weighted by molar-refractivity contribution is -0.232. The second kappa shape index (κ2) is 5.48. The van der Waals surface area contributed by atoms with Crippen LogP contribution in [0.25, 0.3) is 0 Å². The molecule has 0 aliphatic heterocycles. The van der Waals surface area contributed by atoms with Crippen LogP contribution in [-0.2, 0) is 0 Å². The Morgan fingerprint density at radius 1 is 1.08 bits per heavy atom. The largest absolute Gasteiger partial charge is 0.393 e. The van der Waals surface area contributed by atoms with Gasteiger partial charge in [0.2, 0.25) is 0 Å². The van der Waals surface area contributed by atoms with Crippen molar-refractivity contribution in [2.75, 3.05) is 0 Å². The molecule has 2 nitrogen and oxygen atoms in total. The lowest BCUT2D eigenvalue weighted by atomic mass is 9.45. The first-order valence-corrected chi connectivity index (χ1v) is 9.71. The molecule has 8 atom stereocenters. The van der Waals surface area contributed by atoms with E-state index in [1.54, 1.807) is 0 Å². The molecule has 0 aromatic carbocycles. The number of alkyl halides is 3. The molecule has 0 radical (unpaired) electrons. The van der Waals surface area contributed by atoms with Gasteiger partial charge >= 0.3 is 6.18 Å². The van der Waals surface area contributed by atoms with E-state index in [2.05, 4.69) is 6.92 Å². The zero-order valence-corrected chi connectivity index (χ0v) is 15.0. The van der Waals surface area contributed by atoms with Crippen LogP contribution in [0.15, 0.2) is 11.6 Å². The molecule has 0 bridgehead atoms. The van der Waals surface area contributed by atoms with E-state index in [0.717, 1.165) is 37.7 Å². The fraction of sp³-hybridized carbons (Fsp3) is 0.900. The van der Waals surface area contributed by atoms with Gasteiger partial charge in [-0.05, 0) is 68.1 Å². The van der Waals surface area contributed by atoms with E-state index in [9.17, 15) is 23.4 Å². The molecule has 1 unspecified atom stereocenters. The second-order valence-electron chi connectivity index (χ2n) is 9.45. The number of hydrogen-bond donors (Lipinski definition) is 2. The van der Waals surface area contributed by atoms with Crippen molar-refractivity contribution in [2.45, 2.75) is 77.2 Å². The van der Waals surface area contributed by atoms with Gasteiger partial charge in [0, 0.05) is 5.41 Å². The Labute approximate surface area is 147 Å². The fourth-order valence-electron chi connectivity index (χ4n) is 7.18. The summed E-state index contributed by atoms with van der Waals surface area (Å²) in [6.07, 6.45) is 0.818. The molecule has 142 valence electrons. The first kappa shape index (κ1) is 17.8. The van der Waals surface area contributed by atoms with Gasteiger partial charge in [-0.3, -0.25) is 0 Å². The SMILES string of the molecule is C[C@]12CC[C@H]3[C@@H](CC=C4C[C@@H](O)CC(C(F)(F)F)[C@@]43C)[C@@H]1CC[C@@H]2O. The first-order valence-electron chi connectivity index (χ1n) is 9.71. The number of fused-ring (bicyclic) bond motifs is 5. The number of halogens is 3. The maximum atomic E-state index is 13.9. The minimum Gasteiger partial charge on any atom is -0.393 e. The lowest BCUT2D eigenvalue weighted by Gasteiger charge is -2.60. The van der Waals surface area contributed by atoms with E-state index in [1.165, 1.54) is 0 Å². The number of rotatable bonds is 0. The van der Waals surface area contributed by atoms with Crippen LogP contribution in [0.3, 0.4) is 0 Å². The van der Waals surface area contributed by atoms with Crippen molar-refractivity contribution in [1.29, 1.82) is 0 Å². The van der Waals surface area contributed by atoms with Gasteiger partial charge < -0.3 is 10.2 Å². The Hall–Kier alpha value is -0.550. The van der Waals surface area contributed by atoms with Crippen LogP contribution in [0.2, 0.25) is 0 Å². The quantitative estimate of drug-likeness (QED) is 0.628. The van der Waals surface area contributed by atoms with Crippen LogP contribution in [0, 0.1) is 34.5 Å². The van der Waals surface area contributed by atoms with E-state index >= 15 is 0 Å². The van der Waals surface area contributed by atoms with Gasteiger partial charge in [0.25, 0.3) is 0 Å². The first-order chi connectivity index (χ1) is 11.6. The maximum absolute atomic E-state index is 13.9. The smallest absolute Gasteiger partial charge is 0.392 e. The summed E-state index contributed by atoms with van der Waals surface area (Å²) in [5.41, 5.74) is -0.197. The predicted octanol–water partition coefficient (Wildman–Crippen LogP) is 4.46. The van der Waals surface area contributed by atoms with Crippen LogP contribution in [0.5, 0.6) is 0 Å². The van der Waals surface area contributed by atoms with Crippen LogP contribution >= 0.6 is 0 Å². The third-order valence-corrected chi connectivity index (χ3v) is 8.57. The Morgan fingerprint density at radius 2 is 1.80 bits per heavy atom. The molecule has 0 aromatic heterocycles. The van der Waals surface area contributed by atoms with Gasteiger partial charge in [-0.1, -0.05) is 25.5 Å². The van der Waals surface area contributed by atoms with Gasteiger partial charge in [0.05, 0.1) is 18.1 Å². The molecule has 0 amide bonds. The zero-order chi connectivity index (χ0) is 18.2. The van der Waals surface area contributed by atoms with Gasteiger partial charge in [-0.15, -0.1) is 0 Å². The third-order valence-electron chi connectivity index (χ3n) is 8.57. The monoisotopic (exact) mass is 358 g/mol. The summed E-state index contributed by atoms with van der Waals surface area (Å²) in [6, 6.07) is 0. The molecule has 4 aliphatic carbocycles. The number of hydrogen-bond acceptors (Lipinski definition) is 2. The van der Waals surface area contributed by atoms with E-state index in [-0.39, 0.29) is 29.8 Å². The molecule has 2 N–H and O–H groups in total. The van der Waals surface area contributed by atoms with Crippen LogP contribution in [-0.4, -0.2) is 28.6 Å². The molecule has 4 aliphatic rings. The number of aliphatic hydroxyl groups is 2. The highest BCUT2D eigenvalue weighted by molar-refractivity contribution is 5.27. The highest BCUT2D eigenvalue weighted by atomic mass is 19.4. The average molecular weight is 358 g/mol. The van der Waals surface area contributed by atoms with Crippen molar-refractivity contribution < 1.29 is 23.4 Å². The van der Waals surface area contributed by atoms with E-state index in [1.807, 2.05) is 13.0 Å². The minimum atomic E-state index is -4.28. The molecular formula is C20H29F3O2. The van der Waals surface area contributed by atoms with Gasteiger partial charge in [-0.25, -0.2) is 0 Å². The van der Waals surface area contributed by atoms with E-state index in [0.29, 0.717) is 12.3 Å². The van der Waals surface area contributed by atoms with Crippen molar-refractivity contribution in [3.05, 3.63) is 11.6 Å². The summed E-state index contributed by atoms with van der Waals surface area (Å²) in [5, 5.41) is 20.5. The van der Waals surface area contributed by atoms with Crippen LogP contribution < -0.4 is 0 Å². The molecule has 0 spiro atoms. The second-order valence-corrected chi connectivity index (χ2v) is 9.45. The van der Waals surface area contributed by atoms with E-state index in [4.69, 9.17) is 0 Å². The summed E-state index contributed by atoms with van der Waals surface area (Å²) in [5.74, 6) is -0.908.